The van der Waals surface area contributed by atoms with Crippen molar-refractivity contribution >= 4 is 33.7 Å². The Morgan fingerprint density at radius 3 is 2.62 bits per heavy atom. The molecule has 1 fully saturated rings. The number of rotatable bonds is 4. The monoisotopic (exact) mass is 421 g/mol. The average molecular weight is 422 g/mol. The van der Waals surface area contributed by atoms with Crippen LogP contribution in [-0.2, 0) is 9.53 Å². The number of benzene rings is 1. The molecule has 1 heterocycles. The molecule has 2 amide bonds. The Bertz CT molecular complexity index is 745. The van der Waals surface area contributed by atoms with E-state index in [2.05, 4.69) is 36.7 Å². The normalized spacial score (nSPS) is 25.6. The third-order valence-corrected chi connectivity index (χ3v) is 5.96. The minimum absolute atomic E-state index is 0.143. The predicted molar refractivity (Wildman–Crippen MR) is 101 cm³/mol. The molecule has 5 nitrogen and oxygen atoms in total. The van der Waals surface area contributed by atoms with E-state index in [1.54, 1.807) is 18.2 Å². The highest BCUT2D eigenvalue weighted by Gasteiger charge is 2.39. The molecule has 26 heavy (non-hydrogen) atoms. The molecule has 0 bridgehead atoms. The molecule has 140 valence electrons. The summed E-state index contributed by atoms with van der Waals surface area (Å²) in [5.41, 5.74) is 0.654. The van der Waals surface area contributed by atoms with Gasteiger partial charge in [0.15, 0.2) is 0 Å². The van der Waals surface area contributed by atoms with Crippen LogP contribution in [0.5, 0.6) is 0 Å². The molecule has 0 radical (unpaired) electrons. The number of halogens is 1. The number of amides is 2. The van der Waals surface area contributed by atoms with E-state index >= 15 is 0 Å². The van der Waals surface area contributed by atoms with Crippen LogP contribution >= 0.6 is 15.9 Å². The van der Waals surface area contributed by atoms with Crippen molar-refractivity contribution in [3.8, 4) is 0 Å². The molecule has 0 spiro atoms. The molecular formula is C20H24BrNO4. The third kappa shape index (κ3) is 3.70. The minimum Gasteiger partial charge on any atom is -0.461 e. The van der Waals surface area contributed by atoms with E-state index in [9.17, 15) is 14.4 Å². The zero-order valence-electron chi connectivity index (χ0n) is 15.3. The first-order valence-corrected chi connectivity index (χ1v) is 9.92. The summed E-state index contributed by atoms with van der Waals surface area (Å²) < 4.78 is 6.44. The van der Waals surface area contributed by atoms with E-state index in [0.29, 0.717) is 28.9 Å². The van der Waals surface area contributed by atoms with Crippen LogP contribution in [0.4, 0.5) is 0 Å². The van der Waals surface area contributed by atoms with Crippen molar-refractivity contribution in [2.75, 3.05) is 6.54 Å². The van der Waals surface area contributed by atoms with E-state index in [0.717, 1.165) is 28.6 Å². The van der Waals surface area contributed by atoms with Crippen molar-refractivity contribution in [2.24, 2.45) is 17.8 Å². The van der Waals surface area contributed by atoms with Crippen molar-refractivity contribution < 1.29 is 19.1 Å². The lowest BCUT2D eigenvalue weighted by Gasteiger charge is -2.36. The summed E-state index contributed by atoms with van der Waals surface area (Å²) in [4.78, 5) is 38.4. The second kappa shape index (κ2) is 7.51. The van der Waals surface area contributed by atoms with Gasteiger partial charge in [-0.25, -0.2) is 0 Å². The molecule has 0 aromatic heterocycles. The molecule has 0 N–H and O–H groups in total. The highest BCUT2D eigenvalue weighted by Crippen LogP contribution is 2.35. The van der Waals surface area contributed by atoms with Crippen LogP contribution < -0.4 is 0 Å². The highest BCUT2D eigenvalue weighted by molar-refractivity contribution is 9.10. The summed E-state index contributed by atoms with van der Waals surface area (Å²) >= 11 is 3.30. The Morgan fingerprint density at radius 2 is 1.92 bits per heavy atom. The number of hydrogen-bond acceptors (Lipinski definition) is 4. The Balaban J connectivity index is 1.68. The molecule has 2 aliphatic rings. The Labute approximate surface area is 162 Å². The maximum atomic E-state index is 12.5. The van der Waals surface area contributed by atoms with Gasteiger partial charge in [0, 0.05) is 4.47 Å². The number of ether oxygens (including phenoxy) is 1. The molecule has 0 unspecified atom stereocenters. The summed E-state index contributed by atoms with van der Waals surface area (Å²) in [6.45, 7) is 6.12. The molecule has 1 aromatic rings. The standard InChI is InChI=1S/C20H24BrNO4/c1-11(2)14-6-4-12(3)8-17(14)26-18(23)10-22-19(24)15-7-5-13(21)9-16(15)20(22)25/h5,7,9,11-12,14,17H,4,6,8,10H2,1-3H3/t12-,14-,17+/m1/s1. The fourth-order valence-corrected chi connectivity index (χ4v) is 4.35. The topological polar surface area (TPSA) is 63.7 Å². The largest absolute Gasteiger partial charge is 0.461 e. The number of fused-ring (bicyclic) bond motifs is 1. The van der Waals surface area contributed by atoms with Gasteiger partial charge < -0.3 is 4.74 Å². The van der Waals surface area contributed by atoms with E-state index in [1.165, 1.54) is 0 Å². The van der Waals surface area contributed by atoms with Crippen LogP contribution in [0.2, 0.25) is 0 Å². The van der Waals surface area contributed by atoms with Crippen LogP contribution in [-0.4, -0.2) is 35.3 Å². The van der Waals surface area contributed by atoms with E-state index in [-0.39, 0.29) is 12.6 Å². The average Bonchev–Trinajstić information content (AvgIpc) is 2.79. The van der Waals surface area contributed by atoms with Gasteiger partial charge in [-0.05, 0) is 48.8 Å². The first-order chi connectivity index (χ1) is 12.3. The Kier molecular flexibility index (Phi) is 5.51. The van der Waals surface area contributed by atoms with Crippen molar-refractivity contribution in [3.63, 3.8) is 0 Å². The second-order valence-corrected chi connectivity index (χ2v) is 8.66. The molecule has 3 atom stereocenters. The highest BCUT2D eigenvalue weighted by atomic mass is 79.9. The fourth-order valence-electron chi connectivity index (χ4n) is 3.99. The van der Waals surface area contributed by atoms with Gasteiger partial charge in [0.1, 0.15) is 12.6 Å². The summed E-state index contributed by atoms with van der Waals surface area (Å²) in [5, 5.41) is 0. The molecular weight excluding hydrogens is 398 g/mol. The van der Waals surface area contributed by atoms with Crippen molar-refractivity contribution in [2.45, 2.75) is 46.1 Å². The van der Waals surface area contributed by atoms with Gasteiger partial charge in [0.2, 0.25) is 0 Å². The lowest BCUT2D eigenvalue weighted by molar-refractivity contribution is -0.156. The number of esters is 1. The van der Waals surface area contributed by atoms with Crippen LogP contribution in [0.3, 0.4) is 0 Å². The summed E-state index contributed by atoms with van der Waals surface area (Å²) in [6.07, 6.45) is 2.88. The minimum atomic E-state index is -0.511. The van der Waals surface area contributed by atoms with E-state index in [4.69, 9.17) is 4.74 Å². The summed E-state index contributed by atoms with van der Waals surface area (Å²) in [7, 11) is 0. The van der Waals surface area contributed by atoms with Gasteiger partial charge in [-0.3, -0.25) is 19.3 Å². The summed E-state index contributed by atoms with van der Waals surface area (Å²) in [6, 6.07) is 4.92. The first kappa shape index (κ1) is 19.1. The molecule has 1 aliphatic carbocycles. The third-order valence-electron chi connectivity index (χ3n) is 5.46. The van der Waals surface area contributed by atoms with Crippen molar-refractivity contribution in [1.82, 2.24) is 4.90 Å². The zero-order valence-corrected chi connectivity index (χ0v) is 16.9. The molecule has 1 saturated carbocycles. The zero-order chi connectivity index (χ0) is 19.0. The lowest BCUT2D eigenvalue weighted by Crippen LogP contribution is -2.40. The van der Waals surface area contributed by atoms with Gasteiger partial charge in [0.25, 0.3) is 11.8 Å². The molecule has 1 aromatic carbocycles. The maximum Gasteiger partial charge on any atom is 0.326 e. The lowest BCUT2D eigenvalue weighted by atomic mass is 9.75. The number of carbonyl (C=O) groups excluding carboxylic acids is 3. The predicted octanol–water partition coefficient (Wildman–Crippen LogP) is 4.05. The van der Waals surface area contributed by atoms with Crippen LogP contribution in [0, 0.1) is 17.8 Å². The SMILES string of the molecule is CC(C)[C@H]1CC[C@@H](C)C[C@@H]1OC(=O)CN1C(=O)c2ccc(Br)cc2C1=O. The van der Waals surface area contributed by atoms with Gasteiger partial charge >= 0.3 is 5.97 Å². The number of nitrogens with zero attached hydrogens (tertiary/aromatic N) is 1. The first-order valence-electron chi connectivity index (χ1n) is 9.13. The Hall–Kier alpha value is -1.69. The molecule has 6 heteroatoms. The maximum absolute atomic E-state index is 12.5. The van der Waals surface area contributed by atoms with E-state index < -0.39 is 17.8 Å². The van der Waals surface area contributed by atoms with Gasteiger partial charge in [-0.15, -0.1) is 0 Å². The second-order valence-electron chi connectivity index (χ2n) is 7.74. The molecule has 3 rings (SSSR count). The van der Waals surface area contributed by atoms with Gasteiger partial charge in [0.05, 0.1) is 11.1 Å². The van der Waals surface area contributed by atoms with Crippen LogP contribution in [0.25, 0.3) is 0 Å². The van der Waals surface area contributed by atoms with Crippen molar-refractivity contribution in [1.29, 1.82) is 0 Å². The molecule has 0 saturated heterocycles. The van der Waals surface area contributed by atoms with Crippen LogP contribution in [0.15, 0.2) is 22.7 Å². The number of hydrogen-bond donors (Lipinski definition) is 0. The fraction of sp³-hybridized carbons (Fsp3) is 0.550. The van der Waals surface area contributed by atoms with Crippen molar-refractivity contribution in [3.05, 3.63) is 33.8 Å². The smallest absolute Gasteiger partial charge is 0.326 e. The Morgan fingerprint density at radius 1 is 1.23 bits per heavy atom. The van der Waals surface area contributed by atoms with E-state index in [1.807, 2.05) is 0 Å². The van der Waals surface area contributed by atoms with Gasteiger partial charge in [-0.2, -0.15) is 0 Å². The quantitative estimate of drug-likeness (QED) is 0.543. The van der Waals surface area contributed by atoms with Crippen LogP contribution in [0.1, 0.15) is 60.7 Å². The number of imide groups is 1. The molecule has 1 aliphatic heterocycles. The number of carbonyl (C=O) groups is 3. The van der Waals surface area contributed by atoms with Gasteiger partial charge in [-0.1, -0.05) is 43.1 Å². The summed E-state index contributed by atoms with van der Waals surface area (Å²) in [5.74, 6) is -0.124.